The van der Waals surface area contributed by atoms with E-state index in [9.17, 15) is 9.59 Å². The van der Waals surface area contributed by atoms with Crippen molar-refractivity contribution in [1.29, 1.82) is 0 Å². The Morgan fingerprint density at radius 1 is 1.15 bits per heavy atom. The quantitative estimate of drug-likeness (QED) is 0.257. The summed E-state index contributed by atoms with van der Waals surface area (Å²) in [6.45, 7) is 5.32. The third-order valence-corrected chi connectivity index (χ3v) is 2.31. The minimum Gasteiger partial charge on any atom is -0.454 e. The van der Waals surface area contributed by atoms with Crippen molar-refractivity contribution in [2.45, 2.75) is 26.4 Å². The lowest BCUT2D eigenvalue weighted by Gasteiger charge is -2.16. The third-order valence-electron chi connectivity index (χ3n) is 2.31. The van der Waals surface area contributed by atoms with Gasteiger partial charge >= 0.3 is 5.97 Å². The number of benzene rings is 1. The normalized spacial score (nSPS) is 12.3. The summed E-state index contributed by atoms with van der Waals surface area (Å²) >= 11 is 0. The van der Waals surface area contributed by atoms with Gasteiger partial charge < -0.3 is 14.2 Å². The van der Waals surface area contributed by atoms with E-state index in [1.807, 2.05) is 0 Å². The molecule has 104 valence electrons. The molecule has 0 amide bonds. The summed E-state index contributed by atoms with van der Waals surface area (Å²) in [6.07, 6.45) is 0. The van der Waals surface area contributed by atoms with Crippen LogP contribution in [0.15, 0.2) is 18.2 Å². The Morgan fingerprint density at radius 2 is 1.85 bits per heavy atom. The van der Waals surface area contributed by atoms with E-state index in [0.29, 0.717) is 17.1 Å². The molecule has 0 unspecified atom stereocenters. The van der Waals surface area contributed by atoms with Gasteiger partial charge in [-0.3, -0.25) is 4.79 Å². The van der Waals surface area contributed by atoms with Crippen LogP contribution < -0.4 is 9.47 Å². The molecule has 0 aliphatic carbocycles. The molecule has 0 N–H and O–H groups in total. The number of hydrogen-bond acceptors (Lipinski definition) is 5. The molecule has 5 nitrogen and oxygen atoms in total. The summed E-state index contributed by atoms with van der Waals surface area (Å²) in [5.41, 5.74) is -0.293. The number of ether oxygens (including phenoxy) is 3. The van der Waals surface area contributed by atoms with E-state index >= 15 is 0 Å². The zero-order chi connectivity index (χ0) is 14.8. The van der Waals surface area contributed by atoms with E-state index in [4.69, 9.17) is 14.2 Å². The molecule has 0 atom stereocenters. The van der Waals surface area contributed by atoms with Gasteiger partial charge in [-0.25, -0.2) is 4.79 Å². The first-order valence-electron chi connectivity index (χ1n) is 6.04. The molecule has 0 saturated carbocycles. The summed E-state index contributed by atoms with van der Waals surface area (Å²) in [7, 11) is 0. The summed E-state index contributed by atoms with van der Waals surface area (Å²) in [5, 5.41) is 0. The topological polar surface area (TPSA) is 61.8 Å². The first kappa shape index (κ1) is 13.9. The summed E-state index contributed by atoms with van der Waals surface area (Å²) in [6, 6.07) is 4.73. The minimum absolute atomic E-state index is 0.135. The molecular weight excluding hydrogens is 260 g/mol. The first-order chi connectivity index (χ1) is 9.35. The van der Waals surface area contributed by atoms with Gasteiger partial charge in [-0.05, 0) is 44.9 Å². The van der Waals surface area contributed by atoms with Crippen LogP contribution in [0.4, 0.5) is 0 Å². The molecular formula is C15H14O5. The zero-order valence-electron chi connectivity index (χ0n) is 11.5. The minimum atomic E-state index is -0.730. The predicted octanol–water partition coefficient (Wildman–Crippen LogP) is 1.94. The van der Waals surface area contributed by atoms with Gasteiger partial charge in [-0.1, -0.05) is 0 Å². The van der Waals surface area contributed by atoms with Gasteiger partial charge in [0.25, 0.3) is 0 Å². The van der Waals surface area contributed by atoms with E-state index in [0.717, 1.165) is 0 Å². The average molecular weight is 274 g/mol. The van der Waals surface area contributed by atoms with Gasteiger partial charge in [-0.2, -0.15) is 0 Å². The zero-order valence-corrected chi connectivity index (χ0v) is 11.5. The van der Waals surface area contributed by atoms with Crippen molar-refractivity contribution in [3.05, 3.63) is 23.8 Å². The van der Waals surface area contributed by atoms with Gasteiger partial charge in [0.15, 0.2) is 11.5 Å². The molecule has 2 rings (SSSR count). The Kier molecular flexibility index (Phi) is 3.66. The van der Waals surface area contributed by atoms with Crippen LogP contribution in [-0.4, -0.2) is 24.1 Å². The van der Waals surface area contributed by atoms with Crippen LogP contribution in [0.25, 0.3) is 0 Å². The van der Waals surface area contributed by atoms with E-state index in [2.05, 4.69) is 11.8 Å². The van der Waals surface area contributed by atoms with E-state index in [1.165, 1.54) is 6.07 Å². The van der Waals surface area contributed by atoms with E-state index in [-0.39, 0.29) is 6.79 Å². The molecule has 0 fully saturated rings. The van der Waals surface area contributed by atoms with Crippen molar-refractivity contribution in [2.24, 2.45) is 0 Å². The number of hydrogen-bond donors (Lipinski definition) is 0. The second-order valence-corrected chi connectivity index (χ2v) is 5.15. The van der Waals surface area contributed by atoms with E-state index < -0.39 is 17.4 Å². The average Bonchev–Trinajstić information content (AvgIpc) is 2.80. The molecule has 20 heavy (non-hydrogen) atoms. The van der Waals surface area contributed by atoms with Gasteiger partial charge in [0, 0.05) is 11.5 Å². The number of carbonyl (C=O) groups excluding carboxylic acids is 2. The van der Waals surface area contributed by atoms with Crippen molar-refractivity contribution in [1.82, 2.24) is 0 Å². The molecule has 0 aromatic heterocycles. The number of ketones is 1. The predicted molar refractivity (Wildman–Crippen MR) is 70.5 cm³/mol. The monoisotopic (exact) mass is 274 g/mol. The summed E-state index contributed by atoms with van der Waals surface area (Å²) in [5.74, 6) is 4.30. The summed E-state index contributed by atoms with van der Waals surface area (Å²) < 4.78 is 15.3. The second kappa shape index (κ2) is 5.25. The lowest BCUT2D eigenvalue weighted by Crippen LogP contribution is -2.22. The largest absolute Gasteiger partial charge is 0.454 e. The Hall–Kier alpha value is -2.48. The highest BCUT2D eigenvalue weighted by molar-refractivity contribution is 6.12. The molecule has 0 spiro atoms. The Morgan fingerprint density at radius 3 is 2.55 bits per heavy atom. The highest BCUT2D eigenvalue weighted by Gasteiger charge is 2.16. The summed E-state index contributed by atoms with van der Waals surface area (Å²) in [4.78, 5) is 23.2. The fourth-order valence-electron chi connectivity index (χ4n) is 1.52. The van der Waals surface area contributed by atoms with Crippen molar-refractivity contribution in [3.8, 4) is 23.3 Å². The first-order valence-corrected chi connectivity index (χ1v) is 6.04. The number of carbonyl (C=O) groups is 2. The van der Waals surface area contributed by atoms with Crippen LogP contribution >= 0.6 is 0 Å². The van der Waals surface area contributed by atoms with Crippen LogP contribution in [0.2, 0.25) is 0 Å². The van der Waals surface area contributed by atoms with Crippen LogP contribution in [0, 0.1) is 11.8 Å². The van der Waals surface area contributed by atoms with Gasteiger partial charge in [0.1, 0.15) is 5.60 Å². The number of rotatable bonds is 1. The standard InChI is InChI=1S/C15H14O5/c1-15(2,3)20-14(17)7-5-11(16)10-4-6-12-13(8-10)19-9-18-12/h4,6,8H,9H2,1-3H3. The molecule has 1 aromatic carbocycles. The van der Waals surface area contributed by atoms with Crippen molar-refractivity contribution in [3.63, 3.8) is 0 Å². The smallest absolute Gasteiger partial charge is 0.385 e. The van der Waals surface area contributed by atoms with Crippen LogP contribution in [0.1, 0.15) is 31.1 Å². The fraction of sp³-hybridized carbons (Fsp3) is 0.333. The SMILES string of the molecule is CC(C)(C)OC(=O)C#CC(=O)c1ccc2c(c1)OCO2. The highest BCUT2D eigenvalue weighted by atomic mass is 16.7. The van der Waals surface area contributed by atoms with Crippen molar-refractivity contribution < 1.29 is 23.8 Å². The molecule has 0 saturated heterocycles. The Labute approximate surface area is 116 Å². The van der Waals surface area contributed by atoms with Crippen molar-refractivity contribution in [2.75, 3.05) is 6.79 Å². The molecule has 0 radical (unpaired) electrons. The van der Waals surface area contributed by atoms with Gasteiger partial charge in [0.2, 0.25) is 12.6 Å². The van der Waals surface area contributed by atoms with Gasteiger partial charge in [0.05, 0.1) is 0 Å². The maximum Gasteiger partial charge on any atom is 0.385 e. The maximum atomic E-state index is 11.8. The lowest BCUT2D eigenvalue weighted by molar-refractivity contribution is -0.147. The van der Waals surface area contributed by atoms with E-state index in [1.54, 1.807) is 32.9 Å². The number of fused-ring (bicyclic) bond motifs is 1. The van der Waals surface area contributed by atoms with Crippen LogP contribution in [0.3, 0.4) is 0 Å². The van der Waals surface area contributed by atoms with Gasteiger partial charge in [-0.15, -0.1) is 0 Å². The fourth-order valence-corrected chi connectivity index (χ4v) is 1.52. The van der Waals surface area contributed by atoms with Crippen LogP contribution in [-0.2, 0) is 9.53 Å². The molecule has 5 heteroatoms. The lowest BCUT2D eigenvalue weighted by atomic mass is 10.1. The molecule has 1 aliphatic heterocycles. The molecule has 1 heterocycles. The number of esters is 1. The maximum absolute atomic E-state index is 11.8. The third kappa shape index (κ3) is 3.51. The van der Waals surface area contributed by atoms with Crippen LogP contribution in [0.5, 0.6) is 11.5 Å². The number of Topliss-reactive ketones (excluding diaryl/α,β-unsaturated/α-hetero) is 1. The Balaban J connectivity index is 2.08. The second-order valence-electron chi connectivity index (χ2n) is 5.15. The molecule has 0 bridgehead atoms. The van der Waals surface area contributed by atoms with Crippen molar-refractivity contribution >= 4 is 11.8 Å². The molecule has 1 aromatic rings. The Bertz CT molecular complexity index is 613. The highest BCUT2D eigenvalue weighted by Crippen LogP contribution is 2.32. The molecule has 1 aliphatic rings.